The van der Waals surface area contributed by atoms with Crippen LogP contribution in [0.1, 0.15) is 0 Å². The molecule has 55 heavy (non-hydrogen) atoms. The van der Waals surface area contributed by atoms with Gasteiger partial charge in [0.05, 0.1) is 16.6 Å². The molecular weight excluding hydrogens is 687 g/mol. The lowest BCUT2D eigenvalue weighted by molar-refractivity contribution is 1.14. The number of benzene rings is 8. The van der Waals surface area contributed by atoms with Crippen LogP contribution in [0.2, 0.25) is 0 Å². The number of fused-ring (bicyclic) bond motifs is 10. The van der Waals surface area contributed by atoms with E-state index in [1.165, 1.54) is 85.9 Å². The van der Waals surface area contributed by atoms with Gasteiger partial charge in [-0.05, 0) is 112 Å². The summed E-state index contributed by atoms with van der Waals surface area (Å²) in [5.74, 6) is 0. The predicted molar refractivity (Wildman–Crippen MR) is 234 cm³/mol. The smallest absolute Gasteiger partial charge is 0.145 e. The minimum atomic E-state index is 0.971. The van der Waals surface area contributed by atoms with Gasteiger partial charge in [-0.15, -0.1) is 11.3 Å². The maximum absolute atomic E-state index is 4.95. The largest absolute Gasteiger partial charge is 0.309 e. The molecule has 0 aliphatic heterocycles. The highest BCUT2D eigenvalue weighted by Gasteiger charge is 2.20. The Morgan fingerprint density at radius 3 is 1.89 bits per heavy atom. The van der Waals surface area contributed by atoms with E-state index < -0.39 is 0 Å². The first-order valence-electron chi connectivity index (χ1n) is 18.7. The molecule has 8 aromatic carbocycles. The Kier molecular flexibility index (Phi) is 6.50. The molecule has 0 saturated heterocycles. The van der Waals surface area contributed by atoms with Crippen LogP contribution in [0.5, 0.6) is 0 Å². The van der Waals surface area contributed by atoms with Gasteiger partial charge in [-0.2, -0.15) is 0 Å². The van der Waals surface area contributed by atoms with Crippen LogP contribution in [0, 0.1) is 0 Å². The van der Waals surface area contributed by atoms with E-state index in [1.807, 2.05) is 17.5 Å². The lowest BCUT2D eigenvalue weighted by Gasteiger charge is -2.10. The van der Waals surface area contributed by atoms with Crippen LogP contribution in [-0.4, -0.2) is 14.1 Å². The molecule has 0 amide bonds. The van der Waals surface area contributed by atoms with E-state index in [9.17, 15) is 0 Å². The van der Waals surface area contributed by atoms with Gasteiger partial charge in [0, 0.05) is 59.3 Å². The maximum atomic E-state index is 4.95. The quantitative estimate of drug-likeness (QED) is 0.178. The Morgan fingerprint density at radius 2 is 1.00 bits per heavy atom. The zero-order chi connectivity index (χ0) is 36.0. The minimum absolute atomic E-state index is 0.971. The number of hydrogen-bond donors (Lipinski definition) is 0. The molecule has 0 fully saturated rings. The summed E-state index contributed by atoms with van der Waals surface area (Å²) >= 11 is 1.88. The molecule has 3 nitrogen and oxygen atoms in total. The van der Waals surface area contributed by atoms with Gasteiger partial charge in [-0.25, -0.2) is 4.98 Å². The van der Waals surface area contributed by atoms with E-state index in [1.54, 1.807) is 0 Å². The second-order valence-corrected chi connectivity index (χ2v) is 15.5. The predicted octanol–water partition coefficient (Wildman–Crippen LogP) is 14.1. The van der Waals surface area contributed by atoms with E-state index >= 15 is 0 Å². The zero-order valence-corrected chi connectivity index (χ0v) is 30.5. The summed E-state index contributed by atoms with van der Waals surface area (Å²) in [7, 11) is 0. The summed E-state index contributed by atoms with van der Waals surface area (Å²) in [4.78, 5) is 4.95. The van der Waals surface area contributed by atoms with Crippen molar-refractivity contribution in [2.75, 3.05) is 0 Å². The topological polar surface area (TPSA) is 22.8 Å². The fourth-order valence-electron chi connectivity index (χ4n) is 8.74. The molecule has 4 heterocycles. The molecule has 12 rings (SSSR count). The third kappa shape index (κ3) is 4.65. The number of nitrogens with zero attached hydrogens (tertiary/aromatic N) is 3. The van der Waals surface area contributed by atoms with Crippen molar-refractivity contribution in [1.82, 2.24) is 14.1 Å². The molecule has 0 radical (unpaired) electrons. The van der Waals surface area contributed by atoms with Crippen LogP contribution in [-0.2, 0) is 0 Å². The van der Waals surface area contributed by atoms with Gasteiger partial charge in [0.15, 0.2) is 0 Å². The molecule has 0 aliphatic rings. The Balaban J connectivity index is 1.11. The lowest BCUT2D eigenvalue weighted by Crippen LogP contribution is -1.95. The second-order valence-electron chi connectivity index (χ2n) is 14.4. The normalized spacial score (nSPS) is 12.0. The van der Waals surface area contributed by atoms with Crippen LogP contribution in [0.3, 0.4) is 0 Å². The van der Waals surface area contributed by atoms with Crippen LogP contribution >= 0.6 is 11.3 Å². The number of para-hydroxylation sites is 1. The average molecular weight is 718 g/mol. The fraction of sp³-hybridized carbons (Fsp3) is 0. The van der Waals surface area contributed by atoms with Crippen LogP contribution in [0.15, 0.2) is 188 Å². The van der Waals surface area contributed by atoms with E-state index in [4.69, 9.17) is 4.98 Å². The van der Waals surface area contributed by atoms with Gasteiger partial charge in [0.25, 0.3) is 0 Å². The van der Waals surface area contributed by atoms with E-state index in [2.05, 4.69) is 191 Å². The van der Waals surface area contributed by atoms with Crippen molar-refractivity contribution in [3.8, 4) is 33.6 Å². The van der Waals surface area contributed by atoms with E-state index in [0.29, 0.717) is 0 Å². The number of pyridine rings is 1. The van der Waals surface area contributed by atoms with Crippen molar-refractivity contribution in [2.45, 2.75) is 0 Å². The molecule has 256 valence electrons. The van der Waals surface area contributed by atoms with Gasteiger partial charge < -0.3 is 4.57 Å². The summed E-state index contributed by atoms with van der Waals surface area (Å²) in [5, 5.41) is 9.96. The molecule has 0 aliphatic carbocycles. The molecule has 4 aromatic heterocycles. The Hall–Kier alpha value is -7.01. The van der Waals surface area contributed by atoms with Crippen molar-refractivity contribution >= 4 is 86.0 Å². The summed E-state index contributed by atoms with van der Waals surface area (Å²) in [6.45, 7) is 0. The molecular formula is C51H31N3S. The Bertz CT molecular complexity index is 3480. The van der Waals surface area contributed by atoms with E-state index in [0.717, 1.165) is 22.4 Å². The first-order valence-corrected chi connectivity index (χ1v) is 19.5. The molecule has 4 heteroatoms. The standard InChI is InChI=1S/C51H31N3S/c1-3-11-32(12-4-1)35-15-9-18-39(26-35)54-48-31-50-44(28-42(48)40-19-10-24-52-51(40)54)45-29-47-43(30-49(45)55-50)41-27-37(36-21-20-33-13-7-8-14-34(33)25-36)22-23-46(41)53(47)38-16-5-2-6-17-38/h1-31H. The lowest BCUT2D eigenvalue weighted by atomic mass is 9.99. The first kappa shape index (κ1) is 30.5. The number of aromatic nitrogens is 3. The minimum Gasteiger partial charge on any atom is -0.309 e. The van der Waals surface area contributed by atoms with Gasteiger partial charge >= 0.3 is 0 Å². The average Bonchev–Trinajstić information content (AvgIpc) is 3.88. The van der Waals surface area contributed by atoms with Crippen LogP contribution < -0.4 is 0 Å². The van der Waals surface area contributed by atoms with E-state index in [-0.39, 0.29) is 0 Å². The van der Waals surface area contributed by atoms with Gasteiger partial charge in [-0.1, -0.05) is 103 Å². The number of thiophene rings is 1. The monoisotopic (exact) mass is 717 g/mol. The SMILES string of the molecule is c1ccc(-c2cccc(-n3c4cc5sc6cc7c8cc(-c9ccc%10ccccc%10c9)ccc8n(-c8ccccc8)c7cc6c5cc4c4cccnc43)c2)cc1. The van der Waals surface area contributed by atoms with Gasteiger partial charge in [-0.3, -0.25) is 4.57 Å². The maximum Gasteiger partial charge on any atom is 0.145 e. The molecule has 0 spiro atoms. The molecule has 12 aromatic rings. The van der Waals surface area contributed by atoms with Crippen LogP contribution in [0.25, 0.3) is 108 Å². The third-order valence-corrected chi connectivity index (χ3v) is 12.4. The zero-order valence-electron chi connectivity index (χ0n) is 29.6. The molecule has 0 atom stereocenters. The molecule has 0 unspecified atom stereocenters. The van der Waals surface area contributed by atoms with Gasteiger partial charge in [0.1, 0.15) is 5.65 Å². The van der Waals surface area contributed by atoms with Crippen molar-refractivity contribution in [1.29, 1.82) is 0 Å². The van der Waals surface area contributed by atoms with Crippen molar-refractivity contribution in [3.63, 3.8) is 0 Å². The second kappa shape index (κ2) is 11.7. The van der Waals surface area contributed by atoms with Crippen LogP contribution in [0.4, 0.5) is 0 Å². The summed E-state index contributed by atoms with van der Waals surface area (Å²) in [6, 6.07) is 66.5. The highest BCUT2D eigenvalue weighted by molar-refractivity contribution is 7.26. The highest BCUT2D eigenvalue weighted by Crippen LogP contribution is 2.44. The summed E-state index contributed by atoms with van der Waals surface area (Å²) in [5.41, 5.74) is 11.7. The Labute approximate surface area is 320 Å². The molecule has 0 bridgehead atoms. The first-order chi connectivity index (χ1) is 27.2. The van der Waals surface area contributed by atoms with Crippen molar-refractivity contribution in [2.24, 2.45) is 0 Å². The molecule has 0 saturated carbocycles. The van der Waals surface area contributed by atoms with Gasteiger partial charge in [0.2, 0.25) is 0 Å². The molecule has 0 N–H and O–H groups in total. The number of hydrogen-bond acceptors (Lipinski definition) is 2. The van der Waals surface area contributed by atoms with Crippen molar-refractivity contribution in [3.05, 3.63) is 188 Å². The van der Waals surface area contributed by atoms with Crippen molar-refractivity contribution < 1.29 is 0 Å². The third-order valence-electron chi connectivity index (χ3n) is 11.3. The Morgan fingerprint density at radius 1 is 0.345 bits per heavy atom. The highest BCUT2D eigenvalue weighted by atomic mass is 32.1. The summed E-state index contributed by atoms with van der Waals surface area (Å²) in [6.07, 6.45) is 1.90. The fourth-order valence-corrected chi connectivity index (χ4v) is 9.89. The number of rotatable bonds is 4. The summed E-state index contributed by atoms with van der Waals surface area (Å²) < 4.78 is 7.33.